The fraction of sp³-hybridized carbons (Fsp3) is 0.500. The van der Waals surface area contributed by atoms with E-state index in [0.29, 0.717) is 34.2 Å². The van der Waals surface area contributed by atoms with Crippen LogP contribution in [-0.2, 0) is 10.2 Å². The normalized spacial score (nSPS) is 21.7. The molecule has 10 nitrogen and oxygen atoms in total. The van der Waals surface area contributed by atoms with Crippen LogP contribution >= 0.6 is 0 Å². The lowest BCUT2D eigenvalue weighted by Gasteiger charge is -2.47. The molecule has 2 fully saturated rings. The molecule has 248 valence electrons. The van der Waals surface area contributed by atoms with Gasteiger partial charge < -0.3 is 24.8 Å². The number of piperidine rings is 1. The third-order valence-electron chi connectivity index (χ3n) is 10.4. The molecule has 1 amide bonds. The number of aliphatic hydroxyl groups is 1. The van der Waals surface area contributed by atoms with E-state index in [0.717, 1.165) is 48.4 Å². The zero-order chi connectivity index (χ0) is 33.2. The van der Waals surface area contributed by atoms with Crippen molar-refractivity contribution >= 4 is 34.1 Å². The van der Waals surface area contributed by atoms with Gasteiger partial charge in [0.15, 0.2) is 5.82 Å². The molecule has 1 aromatic carbocycles. The fourth-order valence-electron chi connectivity index (χ4n) is 7.53. The maximum absolute atomic E-state index is 15.4. The van der Waals surface area contributed by atoms with Crippen LogP contribution in [0.1, 0.15) is 88.9 Å². The summed E-state index contributed by atoms with van der Waals surface area (Å²) in [5, 5.41) is 16.6. The standard InChI is InChI=1S/C36H45FN8O2/c1-20(2)44-19-40-29-17-27(41-33(31(29)44)42-28-16-25(34(46)38-6)21(3)12-26(28)37)22-13-30-32(39-18-22)36(4,5)35(47)45(30)24-14-23(15-24)43-10-8-7-9-11-43/h12-13,16-20,23-24,34,38,46H,7-11,14-15H2,1-6H3,(H,41,42)/t23-,24+,34?. The van der Waals surface area contributed by atoms with E-state index in [1.165, 1.54) is 25.3 Å². The summed E-state index contributed by atoms with van der Waals surface area (Å²) >= 11 is 0. The molecule has 0 spiro atoms. The van der Waals surface area contributed by atoms with Gasteiger partial charge in [-0.25, -0.2) is 14.4 Å². The lowest BCUT2D eigenvalue weighted by atomic mass is 9.83. The Balaban J connectivity index is 1.28. The van der Waals surface area contributed by atoms with Crippen LogP contribution in [0, 0.1) is 12.7 Å². The predicted octanol–water partition coefficient (Wildman–Crippen LogP) is 6.12. The topological polar surface area (TPSA) is 111 Å². The maximum atomic E-state index is 15.4. The lowest BCUT2D eigenvalue weighted by molar-refractivity contribution is -0.123. The molecule has 3 N–H and O–H groups in total. The molecule has 1 atom stereocenters. The van der Waals surface area contributed by atoms with Gasteiger partial charge in [0.05, 0.1) is 40.0 Å². The number of carbonyl (C=O) groups excluding carboxylic acids is 1. The molecule has 4 aromatic rings. The first-order chi connectivity index (χ1) is 22.5. The van der Waals surface area contributed by atoms with Crippen LogP contribution in [0.4, 0.5) is 21.6 Å². The number of hydrogen-bond donors (Lipinski definition) is 3. The molecule has 0 bridgehead atoms. The fourth-order valence-corrected chi connectivity index (χ4v) is 7.53. The Hall–Kier alpha value is -3.93. The Bertz CT molecular complexity index is 1840. The minimum absolute atomic E-state index is 0.0810. The number of anilines is 3. The average molecular weight is 641 g/mol. The van der Waals surface area contributed by atoms with Gasteiger partial charge in [0.2, 0.25) is 5.91 Å². The van der Waals surface area contributed by atoms with Crippen LogP contribution in [0.3, 0.4) is 0 Å². The number of aliphatic hydroxyl groups excluding tert-OH is 1. The molecule has 11 heteroatoms. The summed E-state index contributed by atoms with van der Waals surface area (Å²) in [4.78, 5) is 33.1. The van der Waals surface area contributed by atoms with Crippen molar-refractivity contribution in [2.75, 3.05) is 30.4 Å². The predicted molar refractivity (Wildman–Crippen MR) is 182 cm³/mol. The molecule has 1 saturated heterocycles. The average Bonchev–Trinajstić information content (AvgIpc) is 3.55. The summed E-state index contributed by atoms with van der Waals surface area (Å²) in [6.07, 6.45) is 8.37. The van der Waals surface area contributed by atoms with Crippen molar-refractivity contribution in [2.24, 2.45) is 0 Å². The molecule has 47 heavy (non-hydrogen) atoms. The first kappa shape index (κ1) is 31.7. The van der Waals surface area contributed by atoms with E-state index in [1.807, 2.05) is 35.4 Å². The second kappa shape index (κ2) is 11.9. The smallest absolute Gasteiger partial charge is 0.239 e. The van der Waals surface area contributed by atoms with Crippen molar-refractivity contribution < 1.29 is 14.3 Å². The number of halogens is 1. The summed E-state index contributed by atoms with van der Waals surface area (Å²) in [6, 6.07) is 7.74. The van der Waals surface area contributed by atoms with Gasteiger partial charge in [0.1, 0.15) is 17.6 Å². The van der Waals surface area contributed by atoms with Crippen LogP contribution < -0.4 is 15.5 Å². The number of hydrogen-bond acceptors (Lipinski definition) is 8. The van der Waals surface area contributed by atoms with Gasteiger partial charge in [-0.15, -0.1) is 0 Å². The monoisotopic (exact) mass is 640 g/mol. The van der Waals surface area contributed by atoms with Crippen molar-refractivity contribution in [3.63, 3.8) is 0 Å². The Morgan fingerprint density at radius 2 is 1.79 bits per heavy atom. The van der Waals surface area contributed by atoms with E-state index < -0.39 is 17.5 Å². The third-order valence-corrected chi connectivity index (χ3v) is 10.4. The Morgan fingerprint density at radius 3 is 2.49 bits per heavy atom. The second-order valence-electron chi connectivity index (χ2n) is 14.2. The Kier molecular flexibility index (Phi) is 8.05. The van der Waals surface area contributed by atoms with Crippen molar-refractivity contribution in [3.05, 3.63) is 59.4 Å². The number of fused-ring (bicyclic) bond motifs is 2. The first-order valence-electron chi connectivity index (χ1n) is 16.9. The van der Waals surface area contributed by atoms with Gasteiger partial charge in [0, 0.05) is 35.4 Å². The van der Waals surface area contributed by atoms with E-state index >= 15 is 4.39 Å². The number of aryl methyl sites for hydroxylation is 1. The third kappa shape index (κ3) is 5.38. The quantitative estimate of drug-likeness (QED) is 0.198. The largest absolute Gasteiger partial charge is 0.374 e. The molecule has 1 saturated carbocycles. The van der Waals surface area contributed by atoms with Crippen LogP contribution in [0.25, 0.3) is 22.3 Å². The van der Waals surface area contributed by atoms with Crippen LogP contribution in [-0.4, -0.2) is 67.7 Å². The van der Waals surface area contributed by atoms with Crippen LogP contribution in [0.5, 0.6) is 0 Å². The number of rotatable bonds is 8. The Morgan fingerprint density at radius 1 is 1.04 bits per heavy atom. The molecule has 3 aromatic heterocycles. The zero-order valence-electron chi connectivity index (χ0n) is 28.1. The van der Waals surface area contributed by atoms with Crippen molar-refractivity contribution in [1.29, 1.82) is 0 Å². The van der Waals surface area contributed by atoms with Gasteiger partial charge in [-0.05, 0) is 110 Å². The van der Waals surface area contributed by atoms with Gasteiger partial charge in [-0.2, -0.15) is 0 Å². The van der Waals surface area contributed by atoms with E-state index in [4.69, 9.17) is 15.0 Å². The summed E-state index contributed by atoms with van der Waals surface area (Å²) < 4.78 is 17.4. The number of nitrogens with one attached hydrogen (secondary N) is 2. The number of likely N-dealkylation sites (tertiary alicyclic amines) is 1. The summed E-state index contributed by atoms with van der Waals surface area (Å²) in [7, 11) is 1.65. The molecular weight excluding hydrogens is 595 g/mol. The Labute approximate surface area is 275 Å². The molecule has 3 aliphatic rings. The van der Waals surface area contributed by atoms with Crippen LogP contribution in [0.2, 0.25) is 0 Å². The first-order valence-corrected chi connectivity index (χ1v) is 16.9. The molecule has 1 aliphatic carbocycles. The number of benzene rings is 1. The number of pyridine rings is 2. The van der Waals surface area contributed by atoms with Crippen molar-refractivity contribution in [2.45, 2.75) is 96.5 Å². The summed E-state index contributed by atoms with van der Waals surface area (Å²) in [5.41, 5.74) is 5.12. The highest BCUT2D eigenvalue weighted by Crippen LogP contribution is 2.47. The van der Waals surface area contributed by atoms with E-state index in [2.05, 4.69) is 29.4 Å². The van der Waals surface area contributed by atoms with Crippen molar-refractivity contribution in [1.82, 2.24) is 29.7 Å². The highest BCUT2D eigenvalue weighted by molar-refractivity contribution is 6.08. The van der Waals surface area contributed by atoms with Gasteiger partial charge in [-0.1, -0.05) is 6.42 Å². The lowest BCUT2D eigenvalue weighted by Crippen LogP contribution is -2.57. The minimum Gasteiger partial charge on any atom is -0.374 e. The molecule has 0 radical (unpaired) electrons. The van der Waals surface area contributed by atoms with Crippen LogP contribution in [0.15, 0.2) is 36.8 Å². The molecule has 1 unspecified atom stereocenters. The molecule has 5 heterocycles. The SMILES string of the molecule is CNC(O)c1cc(Nc2nc(-c3cnc4c(c3)N([C@H]3C[C@@H](N5CCCCC5)C3)C(=O)C4(C)C)cc3ncn(C(C)C)c23)c(F)cc1C. The summed E-state index contributed by atoms with van der Waals surface area (Å²) in [6.45, 7) is 12.1. The number of imidazole rings is 1. The molecular formula is C36H45FN8O2. The highest BCUT2D eigenvalue weighted by Gasteiger charge is 2.51. The van der Waals surface area contributed by atoms with Gasteiger partial charge in [0.25, 0.3) is 0 Å². The molecule has 2 aliphatic heterocycles. The van der Waals surface area contributed by atoms with Gasteiger partial charge in [-0.3, -0.25) is 15.1 Å². The zero-order valence-corrected chi connectivity index (χ0v) is 28.1. The van der Waals surface area contributed by atoms with Gasteiger partial charge >= 0.3 is 0 Å². The number of aromatic nitrogens is 4. The number of carbonyl (C=O) groups is 1. The summed E-state index contributed by atoms with van der Waals surface area (Å²) in [5.74, 6) is 0.0769. The molecule has 7 rings (SSSR count). The van der Waals surface area contributed by atoms with Crippen molar-refractivity contribution in [3.8, 4) is 11.3 Å². The van der Waals surface area contributed by atoms with E-state index in [9.17, 15) is 9.90 Å². The van der Waals surface area contributed by atoms with E-state index in [-0.39, 0.29) is 23.7 Å². The second-order valence-corrected chi connectivity index (χ2v) is 14.2. The number of amides is 1. The highest BCUT2D eigenvalue weighted by atomic mass is 19.1. The number of nitrogens with zero attached hydrogens (tertiary/aromatic N) is 6. The maximum Gasteiger partial charge on any atom is 0.239 e. The minimum atomic E-state index is -0.949. The van der Waals surface area contributed by atoms with E-state index in [1.54, 1.807) is 32.6 Å².